The lowest BCUT2D eigenvalue weighted by atomic mass is 9.99. The van der Waals surface area contributed by atoms with Crippen LogP contribution in [-0.4, -0.2) is 30.8 Å². The van der Waals surface area contributed by atoms with Gasteiger partial charge in [0.05, 0.1) is 13.2 Å². The number of nitrogens with one attached hydrogen (secondary N) is 1. The van der Waals surface area contributed by atoms with Gasteiger partial charge in [-0.3, -0.25) is 0 Å². The fraction of sp³-hybridized carbons (Fsp3) is 0.400. The molecule has 0 radical (unpaired) electrons. The zero-order valence-electron chi connectivity index (χ0n) is 15.2. The topological polar surface area (TPSA) is 64.6 Å². The van der Waals surface area contributed by atoms with E-state index in [-0.39, 0.29) is 6.04 Å². The lowest BCUT2D eigenvalue weighted by molar-refractivity contribution is -0.134. The average molecular weight is 343 g/mol. The number of benzene rings is 1. The highest BCUT2D eigenvalue weighted by atomic mass is 16.6. The Labute approximate surface area is 148 Å². The van der Waals surface area contributed by atoms with E-state index in [1.165, 1.54) is 24.3 Å². The summed E-state index contributed by atoms with van der Waals surface area (Å²) >= 11 is 0. The number of carbonyl (C=O) groups excluding carboxylic acids is 2. The standard InChI is InChI=1S/C20H25NO4/c1-20(2,3)25-19(23)21-16(11-12-18(22)24-4)13-15-10-9-14-7-5-6-8-17(14)15/h5-8,10-12,16H,9,13H2,1-4H3,(H,21,23)/b12-11+/t16-/m0/s1. The summed E-state index contributed by atoms with van der Waals surface area (Å²) in [5.74, 6) is -0.461. The maximum Gasteiger partial charge on any atom is 0.408 e. The Hall–Kier alpha value is -2.56. The highest BCUT2D eigenvalue weighted by Gasteiger charge is 2.21. The van der Waals surface area contributed by atoms with Gasteiger partial charge < -0.3 is 14.8 Å². The second kappa shape index (κ2) is 8.01. The molecule has 1 amide bonds. The number of esters is 1. The van der Waals surface area contributed by atoms with E-state index in [2.05, 4.69) is 28.3 Å². The molecule has 0 aliphatic heterocycles. The lowest BCUT2D eigenvalue weighted by Gasteiger charge is -2.22. The molecule has 0 unspecified atom stereocenters. The quantitative estimate of drug-likeness (QED) is 0.655. The van der Waals surface area contributed by atoms with Gasteiger partial charge in [-0.05, 0) is 50.3 Å². The predicted molar refractivity (Wildman–Crippen MR) is 97.1 cm³/mol. The van der Waals surface area contributed by atoms with Crippen molar-refractivity contribution >= 4 is 17.6 Å². The second-order valence-corrected chi connectivity index (χ2v) is 6.93. The van der Waals surface area contributed by atoms with E-state index in [0.29, 0.717) is 6.42 Å². The number of alkyl carbamates (subject to hydrolysis) is 1. The first-order valence-electron chi connectivity index (χ1n) is 8.31. The summed E-state index contributed by atoms with van der Waals surface area (Å²) in [5, 5.41) is 2.81. The molecular weight excluding hydrogens is 318 g/mol. The number of methoxy groups -OCH3 is 1. The lowest BCUT2D eigenvalue weighted by Crippen LogP contribution is -2.38. The molecule has 0 saturated carbocycles. The van der Waals surface area contributed by atoms with Crippen molar-refractivity contribution in [2.45, 2.75) is 45.3 Å². The molecule has 25 heavy (non-hydrogen) atoms. The highest BCUT2D eigenvalue weighted by molar-refractivity contribution is 5.82. The van der Waals surface area contributed by atoms with Crippen molar-refractivity contribution in [1.82, 2.24) is 5.32 Å². The summed E-state index contributed by atoms with van der Waals surface area (Å²) in [6.45, 7) is 5.42. The number of rotatable bonds is 5. The summed E-state index contributed by atoms with van der Waals surface area (Å²) in [6.07, 6.45) is 6.05. The van der Waals surface area contributed by atoms with Gasteiger partial charge in [-0.25, -0.2) is 9.59 Å². The molecule has 2 rings (SSSR count). The first-order chi connectivity index (χ1) is 11.8. The zero-order valence-corrected chi connectivity index (χ0v) is 15.2. The third-order valence-electron chi connectivity index (χ3n) is 3.74. The predicted octanol–water partition coefficient (Wildman–Crippen LogP) is 3.64. The minimum atomic E-state index is -0.583. The van der Waals surface area contributed by atoms with Gasteiger partial charge in [-0.1, -0.05) is 36.4 Å². The van der Waals surface area contributed by atoms with E-state index < -0.39 is 17.7 Å². The summed E-state index contributed by atoms with van der Waals surface area (Å²) in [6, 6.07) is 7.82. The van der Waals surface area contributed by atoms with Gasteiger partial charge in [0.2, 0.25) is 0 Å². The average Bonchev–Trinajstić information content (AvgIpc) is 2.93. The summed E-state index contributed by atoms with van der Waals surface area (Å²) in [7, 11) is 1.32. The van der Waals surface area contributed by atoms with Crippen molar-refractivity contribution in [2.75, 3.05) is 7.11 Å². The Morgan fingerprint density at radius 3 is 2.68 bits per heavy atom. The molecule has 134 valence electrons. The Kier molecular flexibility index (Phi) is 6.02. The molecule has 1 aliphatic carbocycles. The largest absolute Gasteiger partial charge is 0.466 e. The van der Waals surface area contributed by atoms with Crippen molar-refractivity contribution < 1.29 is 19.1 Å². The molecule has 0 heterocycles. The van der Waals surface area contributed by atoms with E-state index in [1.54, 1.807) is 6.08 Å². The van der Waals surface area contributed by atoms with E-state index in [1.807, 2.05) is 32.9 Å². The molecule has 0 aromatic heterocycles. The first-order valence-corrected chi connectivity index (χ1v) is 8.31. The monoisotopic (exact) mass is 343 g/mol. The Morgan fingerprint density at radius 1 is 1.28 bits per heavy atom. The van der Waals surface area contributed by atoms with Crippen LogP contribution in [0.15, 0.2) is 42.5 Å². The molecule has 0 saturated heterocycles. The third kappa shape index (κ3) is 5.78. The van der Waals surface area contributed by atoms with Crippen molar-refractivity contribution in [3.05, 3.63) is 53.6 Å². The molecule has 0 bridgehead atoms. The first kappa shape index (κ1) is 18.8. The van der Waals surface area contributed by atoms with Crippen molar-refractivity contribution in [3.63, 3.8) is 0 Å². The summed E-state index contributed by atoms with van der Waals surface area (Å²) < 4.78 is 9.94. The van der Waals surface area contributed by atoms with Crippen molar-refractivity contribution in [3.8, 4) is 0 Å². The minimum Gasteiger partial charge on any atom is -0.466 e. The van der Waals surface area contributed by atoms with E-state index in [0.717, 1.165) is 12.0 Å². The van der Waals surface area contributed by atoms with Crippen molar-refractivity contribution in [1.29, 1.82) is 0 Å². The molecule has 1 aromatic carbocycles. The molecule has 5 nitrogen and oxygen atoms in total. The van der Waals surface area contributed by atoms with Gasteiger partial charge in [-0.2, -0.15) is 0 Å². The van der Waals surface area contributed by atoms with Crippen LogP contribution in [0.4, 0.5) is 4.79 Å². The van der Waals surface area contributed by atoms with Gasteiger partial charge in [-0.15, -0.1) is 0 Å². The second-order valence-electron chi connectivity index (χ2n) is 6.93. The number of amides is 1. The maximum atomic E-state index is 12.1. The van der Waals surface area contributed by atoms with Crippen LogP contribution < -0.4 is 5.32 Å². The molecular formula is C20H25NO4. The van der Waals surface area contributed by atoms with Crippen LogP contribution in [0.3, 0.4) is 0 Å². The molecule has 0 spiro atoms. The molecule has 1 N–H and O–H groups in total. The zero-order chi connectivity index (χ0) is 18.4. The Bertz CT molecular complexity index is 698. The van der Waals surface area contributed by atoms with E-state index in [4.69, 9.17) is 4.74 Å². The van der Waals surface area contributed by atoms with Crippen LogP contribution in [0.25, 0.3) is 5.57 Å². The summed E-state index contributed by atoms with van der Waals surface area (Å²) in [4.78, 5) is 23.5. The Balaban J connectivity index is 2.11. The fourth-order valence-corrected chi connectivity index (χ4v) is 2.67. The minimum absolute atomic E-state index is 0.369. The summed E-state index contributed by atoms with van der Waals surface area (Å²) in [5.41, 5.74) is 3.02. The van der Waals surface area contributed by atoms with Crippen LogP contribution >= 0.6 is 0 Å². The SMILES string of the molecule is COC(=O)/C=C/[C@@H](CC1=CCc2ccccc21)NC(=O)OC(C)(C)C. The Morgan fingerprint density at radius 2 is 2.00 bits per heavy atom. The number of hydrogen-bond donors (Lipinski definition) is 1. The van der Waals surface area contributed by atoms with Crippen LogP contribution in [0.1, 0.15) is 38.3 Å². The molecule has 1 atom stereocenters. The number of fused-ring (bicyclic) bond motifs is 1. The van der Waals surface area contributed by atoms with Gasteiger partial charge in [0.15, 0.2) is 0 Å². The van der Waals surface area contributed by atoms with Crippen LogP contribution in [0.5, 0.6) is 0 Å². The molecule has 1 aliphatic rings. The maximum absolute atomic E-state index is 12.1. The van der Waals surface area contributed by atoms with Crippen molar-refractivity contribution in [2.24, 2.45) is 0 Å². The third-order valence-corrected chi connectivity index (χ3v) is 3.74. The van der Waals surface area contributed by atoms with Gasteiger partial charge in [0.1, 0.15) is 5.60 Å². The van der Waals surface area contributed by atoms with Gasteiger partial charge >= 0.3 is 12.1 Å². The normalized spacial score (nSPS) is 14.6. The fourth-order valence-electron chi connectivity index (χ4n) is 2.67. The van der Waals surface area contributed by atoms with Gasteiger partial charge in [0, 0.05) is 6.08 Å². The van der Waals surface area contributed by atoms with E-state index in [9.17, 15) is 9.59 Å². The number of hydrogen-bond acceptors (Lipinski definition) is 4. The van der Waals surface area contributed by atoms with Gasteiger partial charge in [0.25, 0.3) is 0 Å². The molecule has 1 aromatic rings. The number of allylic oxidation sites excluding steroid dienone is 1. The molecule has 5 heteroatoms. The van der Waals surface area contributed by atoms with E-state index >= 15 is 0 Å². The van der Waals surface area contributed by atoms with Crippen LogP contribution in [0, 0.1) is 0 Å². The van der Waals surface area contributed by atoms with Crippen LogP contribution in [-0.2, 0) is 20.7 Å². The smallest absolute Gasteiger partial charge is 0.408 e. The number of carbonyl (C=O) groups is 2. The van der Waals surface area contributed by atoms with Crippen LogP contribution in [0.2, 0.25) is 0 Å². The molecule has 0 fully saturated rings. The number of ether oxygens (including phenoxy) is 2. The highest BCUT2D eigenvalue weighted by Crippen LogP contribution is 2.30.